The van der Waals surface area contributed by atoms with Crippen LogP contribution in [0, 0.1) is 0 Å². The fourth-order valence-electron chi connectivity index (χ4n) is 4.75. The number of carbonyl (C=O) groups excluding carboxylic acids is 1. The Morgan fingerprint density at radius 2 is 1.60 bits per heavy atom. The lowest BCUT2D eigenvalue weighted by Gasteiger charge is -2.28. The monoisotopic (exact) mass is 480 g/mol. The summed E-state index contributed by atoms with van der Waals surface area (Å²) in [5.41, 5.74) is 3.66. The van der Waals surface area contributed by atoms with Crippen molar-refractivity contribution in [1.82, 2.24) is 0 Å². The van der Waals surface area contributed by atoms with Gasteiger partial charge in [0.05, 0.1) is 13.2 Å². The van der Waals surface area contributed by atoms with Gasteiger partial charge >= 0.3 is 5.97 Å². The Bertz CT molecular complexity index is 971. The fraction of sp³-hybridized carbons (Fsp3) is 0.552. The first-order valence-corrected chi connectivity index (χ1v) is 13.1. The van der Waals surface area contributed by atoms with E-state index < -0.39 is 0 Å². The van der Waals surface area contributed by atoms with E-state index in [1.165, 1.54) is 11.1 Å². The molecule has 2 heterocycles. The number of carbonyl (C=O) groups is 1. The van der Waals surface area contributed by atoms with Gasteiger partial charge in [-0.15, -0.1) is 0 Å². The SMILES string of the molecule is CCc1cc(CCC(=O)OC2CCC(c3ccc(OCC4CO4)cc3)CC2)ccc1OCC1CO1. The molecule has 5 rings (SSSR count). The van der Waals surface area contributed by atoms with E-state index in [1.54, 1.807) is 0 Å². The molecule has 3 aliphatic rings. The first-order valence-electron chi connectivity index (χ1n) is 13.1. The molecule has 35 heavy (non-hydrogen) atoms. The van der Waals surface area contributed by atoms with E-state index in [4.69, 9.17) is 23.7 Å². The zero-order valence-corrected chi connectivity index (χ0v) is 20.6. The predicted molar refractivity (Wildman–Crippen MR) is 132 cm³/mol. The Balaban J connectivity index is 1.02. The van der Waals surface area contributed by atoms with Crippen LogP contribution in [0.25, 0.3) is 0 Å². The smallest absolute Gasteiger partial charge is 0.306 e. The Labute approximate surface area is 207 Å². The van der Waals surface area contributed by atoms with Gasteiger partial charge in [0.15, 0.2) is 0 Å². The highest BCUT2D eigenvalue weighted by molar-refractivity contribution is 5.70. The second-order valence-electron chi connectivity index (χ2n) is 9.86. The van der Waals surface area contributed by atoms with Crippen molar-refractivity contribution in [3.8, 4) is 11.5 Å². The molecule has 0 N–H and O–H groups in total. The number of esters is 1. The summed E-state index contributed by atoms with van der Waals surface area (Å²) in [5.74, 6) is 2.23. The van der Waals surface area contributed by atoms with Crippen molar-refractivity contribution in [2.24, 2.45) is 0 Å². The van der Waals surface area contributed by atoms with Crippen molar-refractivity contribution >= 4 is 5.97 Å². The highest BCUT2D eigenvalue weighted by Crippen LogP contribution is 2.35. The van der Waals surface area contributed by atoms with Crippen LogP contribution in [-0.2, 0) is 31.8 Å². The largest absolute Gasteiger partial charge is 0.491 e. The molecule has 0 radical (unpaired) electrons. The van der Waals surface area contributed by atoms with E-state index in [-0.39, 0.29) is 24.3 Å². The van der Waals surface area contributed by atoms with Gasteiger partial charge in [-0.1, -0.05) is 31.2 Å². The van der Waals surface area contributed by atoms with E-state index in [2.05, 4.69) is 31.2 Å². The average Bonchev–Trinajstić information content (AvgIpc) is 3.81. The van der Waals surface area contributed by atoms with Gasteiger partial charge in [0.2, 0.25) is 0 Å². The summed E-state index contributed by atoms with van der Waals surface area (Å²) in [4.78, 5) is 12.5. The molecule has 2 aromatic rings. The summed E-state index contributed by atoms with van der Waals surface area (Å²) in [5, 5.41) is 0. The number of hydrogen-bond acceptors (Lipinski definition) is 6. The van der Waals surface area contributed by atoms with Gasteiger partial charge in [-0.3, -0.25) is 4.79 Å². The molecule has 0 amide bonds. The third-order valence-corrected chi connectivity index (χ3v) is 7.11. The topological polar surface area (TPSA) is 69.8 Å². The summed E-state index contributed by atoms with van der Waals surface area (Å²) >= 11 is 0. The average molecular weight is 481 g/mol. The van der Waals surface area contributed by atoms with Crippen molar-refractivity contribution in [2.45, 2.75) is 76.1 Å². The van der Waals surface area contributed by atoms with Gasteiger partial charge in [0, 0.05) is 6.42 Å². The van der Waals surface area contributed by atoms with Crippen molar-refractivity contribution in [1.29, 1.82) is 0 Å². The molecule has 0 bridgehead atoms. The van der Waals surface area contributed by atoms with Crippen molar-refractivity contribution in [3.05, 3.63) is 59.2 Å². The first kappa shape index (κ1) is 24.1. The lowest BCUT2D eigenvalue weighted by atomic mass is 9.83. The van der Waals surface area contributed by atoms with E-state index >= 15 is 0 Å². The lowest BCUT2D eigenvalue weighted by Crippen LogP contribution is -2.24. The summed E-state index contributed by atoms with van der Waals surface area (Å²) in [6.45, 7) is 4.97. The van der Waals surface area contributed by atoms with Crippen molar-refractivity contribution < 1.29 is 28.5 Å². The molecule has 2 unspecified atom stereocenters. The number of epoxide rings is 2. The maximum absolute atomic E-state index is 12.5. The van der Waals surface area contributed by atoms with Gasteiger partial charge in [-0.2, -0.15) is 0 Å². The molecule has 1 saturated carbocycles. The van der Waals surface area contributed by atoms with Gasteiger partial charge in [0.1, 0.15) is 43.0 Å². The number of ether oxygens (including phenoxy) is 5. The third-order valence-electron chi connectivity index (χ3n) is 7.11. The lowest BCUT2D eigenvalue weighted by molar-refractivity contribution is -0.150. The second-order valence-corrected chi connectivity index (χ2v) is 9.86. The molecular weight excluding hydrogens is 444 g/mol. The van der Waals surface area contributed by atoms with Crippen LogP contribution >= 0.6 is 0 Å². The maximum atomic E-state index is 12.5. The minimum Gasteiger partial charge on any atom is -0.491 e. The van der Waals surface area contributed by atoms with Crippen LogP contribution in [0.2, 0.25) is 0 Å². The predicted octanol–water partition coefficient (Wildman–Crippen LogP) is 5.01. The molecule has 6 heteroatoms. The minimum absolute atomic E-state index is 0.0338. The Kier molecular flexibility index (Phi) is 7.89. The molecule has 1 aliphatic carbocycles. The van der Waals surface area contributed by atoms with E-state index in [0.29, 0.717) is 32.0 Å². The van der Waals surface area contributed by atoms with Gasteiger partial charge in [-0.05, 0) is 79.3 Å². The quantitative estimate of drug-likeness (QED) is 0.314. The number of rotatable bonds is 12. The molecule has 0 aromatic heterocycles. The Morgan fingerprint density at radius 1 is 0.914 bits per heavy atom. The number of hydrogen-bond donors (Lipinski definition) is 0. The van der Waals surface area contributed by atoms with Gasteiger partial charge < -0.3 is 23.7 Å². The maximum Gasteiger partial charge on any atom is 0.306 e. The molecule has 0 spiro atoms. The van der Waals surface area contributed by atoms with Crippen LogP contribution in [0.15, 0.2) is 42.5 Å². The van der Waals surface area contributed by atoms with Crippen molar-refractivity contribution in [2.75, 3.05) is 26.4 Å². The Hall–Kier alpha value is -2.57. The molecular formula is C29H36O6. The molecule has 2 aromatic carbocycles. The van der Waals surface area contributed by atoms with Gasteiger partial charge in [-0.25, -0.2) is 0 Å². The number of benzene rings is 2. The molecule has 2 saturated heterocycles. The molecule has 2 aliphatic heterocycles. The zero-order chi connectivity index (χ0) is 24.0. The Morgan fingerprint density at radius 3 is 2.26 bits per heavy atom. The van der Waals surface area contributed by atoms with E-state index in [1.807, 2.05) is 18.2 Å². The summed E-state index contributed by atoms with van der Waals surface area (Å²) in [6.07, 6.45) is 6.48. The highest BCUT2D eigenvalue weighted by atomic mass is 16.6. The van der Waals surface area contributed by atoms with Crippen LogP contribution in [0.5, 0.6) is 11.5 Å². The summed E-state index contributed by atoms with van der Waals surface area (Å²) in [6, 6.07) is 14.7. The minimum atomic E-state index is -0.0983. The second kappa shape index (κ2) is 11.4. The highest BCUT2D eigenvalue weighted by Gasteiger charge is 2.26. The van der Waals surface area contributed by atoms with Crippen LogP contribution in [-0.4, -0.2) is 50.7 Å². The first-order chi connectivity index (χ1) is 17.2. The summed E-state index contributed by atoms with van der Waals surface area (Å²) in [7, 11) is 0. The standard InChI is InChI=1S/C29H36O6/c1-2-21-15-20(3-13-28(21)34-19-27-18-33-27)4-14-29(30)35-25-11-7-23(8-12-25)22-5-9-24(10-6-22)31-16-26-17-32-26/h3,5-6,9-10,13,15,23,25-27H,2,4,7-8,11-12,14,16-19H2,1H3. The van der Waals surface area contributed by atoms with E-state index in [0.717, 1.165) is 62.4 Å². The molecule has 6 nitrogen and oxygen atoms in total. The molecule has 188 valence electrons. The normalized spacial score (nSPS) is 25.1. The van der Waals surface area contributed by atoms with Crippen LogP contribution in [0.1, 0.15) is 61.6 Å². The van der Waals surface area contributed by atoms with Crippen LogP contribution < -0.4 is 9.47 Å². The van der Waals surface area contributed by atoms with E-state index in [9.17, 15) is 4.79 Å². The number of aryl methyl sites for hydroxylation is 2. The third kappa shape index (κ3) is 7.21. The molecule has 2 atom stereocenters. The fourth-order valence-corrected chi connectivity index (χ4v) is 4.75. The van der Waals surface area contributed by atoms with Crippen LogP contribution in [0.4, 0.5) is 0 Å². The van der Waals surface area contributed by atoms with Crippen LogP contribution in [0.3, 0.4) is 0 Å². The molecule has 3 fully saturated rings. The van der Waals surface area contributed by atoms with Gasteiger partial charge in [0.25, 0.3) is 0 Å². The summed E-state index contributed by atoms with van der Waals surface area (Å²) < 4.78 is 27.8. The van der Waals surface area contributed by atoms with Crippen molar-refractivity contribution in [3.63, 3.8) is 0 Å². The zero-order valence-electron chi connectivity index (χ0n) is 20.6.